The molecule has 0 spiro atoms. The van der Waals surface area contributed by atoms with Gasteiger partial charge in [0.1, 0.15) is 5.75 Å². The first-order chi connectivity index (χ1) is 9.13. The molecule has 1 aliphatic heterocycles. The Balaban J connectivity index is 2.20. The highest BCUT2D eigenvalue weighted by Crippen LogP contribution is 2.25. The lowest BCUT2D eigenvalue weighted by Gasteiger charge is -2.31. The number of ketones is 1. The fraction of sp³-hybridized carbons (Fsp3) is 0.500. The summed E-state index contributed by atoms with van der Waals surface area (Å²) >= 11 is 5.97. The van der Waals surface area contributed by atoms with E-state index in [1.165, 1.54) is 0 Å². The van der Waals surface area contributed by atoms with Crippen molar-refractivity contribution in [1.82, 2.24) is 4.90 Å². The van der Waals surface area contributed by atoms with Crippen LogP contribution in [0.3, 0.4) is 0 Å². The third-order valence-corrected chi connectivity index (χ3v) is 3.63. The van der Waals surface area contributed by atoms with Crippen molar-refractivity contribution in [3.05, 3.63) is 28.8 Å². The minimum absolute atomic E-state index is 0.0289. The number of morpholine rings is 1. The molecule has 0 bridgehead atoms. The summed E-state index contributed by atoms with van der Waals surface area (Å²) in [6.07, 6.45) is 0. The second-order valence-corrected chi connectivity index (χ2v) is 4.97. The van der Waals surface area contributed by atoms with E-state index in [0.717, 1.165) is 13.1 Å². The number of hydrogen-bond acceptors (Lipinski definition) is 4. The minimum Gasteiger partial charge on any atom is -0.496 e. The number of Topliss-reactive ketones (excluding diaryl/α,β-unsaturated/α-hetero) is 1. The van der Waals surface area contributed by atoms with Crippen LogP contribution < -0.4 is 4.74 Å². The largest absolute Gasteiger partial charge is 0.496 e. The van der Waals surface area contributed by atoms with E-state index in [0.29, 0.717) is 29.5 Å². The van der Waals surface area contributed by atoms with Crippen LogP contribution in [0.15, 0.2) is 18.2 Å². The highest BCUT2D eigenvalue weighted by Gasteiger charge is 2.26. The maximum atomic E-state index is 12.6. The first-order valence-electron chi connectivity index (χ1n) is 6.33. The molecule has 1 aromatic rings. The van der Waals surface area contributed by atoms with E-state index in [4.69, 9.17) is 21.1 Å². The molecular weight excluding hydrogens is 266 g/mol. The van der Waals surface area contributed by atoms with Crippen molar-refractivity contribution in [3.8, 4) is 5.75 Å². The SMILES string of the molecule is COc1ccc(Cl)cc1C(=O)C(C)N1CCOCC1. The molecule has 1 fully saturated rings. The third-order valence-electron chi connectivity index (χ3n) is 3.40. The number of nitrogens with zero attached hydrogens (tertiary/aromatic N) is 1. The lowest BCUT2D eigenvalue weighted by molar-refractivity contribution is 0.0208. The molecule has 5 heteroatoms. The fourth-order valence-electron chi connectivity index (χ4n) is 2.23. The Bertz CT molecular complexity index is 458. The van der Waals surface area contributed by atoms with Crippen LogP contribution in [-0.2, 0) is 4.74 Å². The van der Waals surface area contributed by atoms with E-state index >= 15 is 0 Å². The quantitative estimate of drug-likeness (QED) is 0.795. The van der Waals surface area contributed by atoms with Crippen LogP contribution in [0.2, 0.25) is 5.02 Å². The Kier molecular flexibility index (Phi) is 4.80. The van der Waals surface area contributed by atoms with Crippen LogP contribution in [0.25, 0.3) is 0 Å². The standard InChI is InChI=1S/C14H18ClNO3/c1-10(16-5-7-19-8-6-16)14(17)12-9-11(15)3-4-13(12)18-2/h3-4,9-10H,5-8H2,1-2H3. The first-order valence-corrected chi connectivity index (χ1v) is 6.71. The second kappa shape index (κ2) is 6.37. The number of hydrogen-bond donors (Lipinski definition) is 0. The maximum Gasteiger partial charge on any atom is 0.183 e. The van der Waals surface area contributed by atoms with Gasteiger partial charge in [0.25, 0.3) is 0 Å². The normalized spacial score (nSPS) is 18.1. The summed E-state index contributed by atoms with van der Waals surface area (Å²) in [6, 6.07) is 4.91. The Morgan fingerprint density at radius 1 is 1.42 bits per heavy atom. The average Bonchev–Trinajstić information content (AvgIpc) is 2.46. The van der Waals surface area contributed by atoms with E-state index in [-0.39, 0.29) is 11.8 Å². The molecule has 0 N–H and O–H groups in total. The van der Waals surface area contributed by atoms with Crippen LogP contribution in [0.4, 0.5) is 0 Å². The molecule has 4 nitrogen and oxygen atoms in total. The zero-order valence-corrected chi connectivity index (χ0v) is 11.9. The smallest absolute Gasteiger partial charge is 0.183 e. The van der Waals surface area contributed by atoms with Crippen LogP contribution in [0, 0.1) is 0 Å². The highest BCUT2D eigenvalue weighted by atomic mass is 35.5. The molecule has 0 saturated carbocycles. The van der Waals surface area contributed by atoms with Crippen molar-refractivity contribution in [2.75, 3.05) is 33.4 Å². The van der Waals surface area contributed by atoms with Gasteiger partial charge < -0.3 is 9.47 Å². The number of halogens is 1. The molecule has 1 atom stereocenters. The Hall–Kier alpha value is -1.10. The monoisotopic (exact) mass is 283 g/mol. The summed E-state index contributed by atoms with van der Waals surface area (Å²) < 4.78 is 10.5. The molecule has 2 rings (SSSR count). The van der Waals surface area contributed by atoms with Gasteiger partial charge in [0, 0.05) is 18.1 Å². The van der Waals surface area contributed by atoms with Crippen LogP contribution >= 0.6 is 11.6 Å². The minimum atomic E-state index is -0.198. The van der Waals surface area contributed by atoms with Gasteiger partial charge in [0.05, 0.1) is 31.9 Å². The average molecular weight is 284 g/mol. The van der Waals surface area contributed by atoms with E-state index in [1.807, 2.05) is 6.92 Å². The van der Waals surface area contributed by atoms with Crippen LogP contribution in [0.5, 0.6) is 5.75 Å². The molecule has 0 radical (unpaired) electrons. The van der Waals surface area contributed by atoms with Crippen molar-refractivity contribution >= 4 is 17.4 Å². The molecule has 1 aromatic carbocycles. The molecule has 19 heavy (non-hydrogen) atoms. The van der Waals surface area contributed by atoms with Gasteiger partial charge in [-0.3, -0.25) is 9.69 Å². The Labute approximate surface area is 118 Å². The second-order valence-electron chi connectivity index (χ2n) is 4.53. The molecule has 1 aliphatic rings. The number of ether oxygens (including phenoxy) is 2. The van der Waals surface area contributed by atoms with Gasteiger partial charge in [-0.1, -0.05) is 11.6 Å². The predicted octanol–water partition coefficient (Wildman–Crippen LogP) is 2.25. The Morgan fingerprint density at radius 3 is 2.74 bits per heavy atom. The van der Waals surface area contributed by atoms with Crippen molar-refractivity contribution in [1.29, 1.82) is 0 Å². The highest BCUT2D eigenvalue weighted by molar-refractivity contribution is 6.31. The number of carbonyl (C=O) groups is 1. The van der Waals surface area contributed by atoms with Gasteiger partial charge in [-0.05, 0) is 25.1 Å². The molecule has 0 aliphatic carbocycles. The fourth-order valence-corrected chi connectivity index (χ4v) is 2.40. The van der Waals surface area contributed by atoms with Crippen LogP contribution in [-0.4, -0.2) is 50.1 Å². The maximum absolute atomic E-state index is 12.6. The van der Waals surface area contributed by atoms with Gasteiger partial charge in [-0.2, -0.15) is 0 Å². The molecule has 1 unspecified atom stereocenters. The summed E-state index contributed by atoms with van der Waals surface area (Å²) in [5, 5.41) is 0.540. The molecule has 104 valence electrons. The topological polar surface area (TPSA) is 38.8 Å². The predicted molar refractivity (Wildman–Crippen MR) is 74.2 cm³/mol. The molecular formula is C14H18ClNO3. The molecule has 1 saturated heterocycles. The van der Waals surface area contributed by atoms with Crippen molar-refractivity contribution < 1.29 is 14.3 Å². The van der Waals surface area contributed by atoms with Gasteiger partial charge in [0.15, 0.2) is 5.78 Å². The van der Waals surface area contributed by atoms with E-state index in [1.54, 1.807) is 25.3 Å². The van der Waals surface area contributed by atoms with Crippen molar-refractivity contribution in [2.24, 2.45) is 0 Å². The summed E-state index contributed by atoms with van der Waals surface area (Å²) in [5.74, 6) is 0.593. The number of methoxy groups -OCH3 is 1. The van der Waals surface area contributed by atoms with Crippen molar-refractivity contribution in [3.63, 3.8) is 0 Å². The number of benzene rings is 1. The summed E-state index contributed by atoms with van der Waals surface area (Å²) in [7, 11) is 1.55. The van der Waals surface area contributed by atoms with Gasteiger partial charge in [0.2, 0.25) is 0 Å². The molecule has 0 amide bonds. The molecule has 0 aromatic heterocycles. The zero-order chi connectivity index (χ0) is 13.8. The van der Waals surface area contributed by atoms with E-state index in [2.05, 4.69) is 4.90 Å². The van der Waals surface area contributed by atoms with Gasteiger partial charge in [-0.15, -0.1) is 0 Å². The summed E-state index contributed by atoms with van der Waals surface area (Å²) in [5.41, 5.74) is 0.536. The van der Waals surface area contributed by atoms with Gasteiger partial charge >= 0.3 is 0 Å². The van der Waals surface area contributed by atoms with Crippen molar-refractivity contribution in [2.45, 2.75) is 13.0 Å². The Morgan fingerprint density at radius 2 is 2.11 bits per heavy atom. The number of rotatable bonds is 4. The third kappa shape index (κ3) is 3.26. The first kappa shape index (κ1) is 14.3. The van der Waals surface area contributed by atoms with Gasteiger partial charge in [-0.25, -0.2) is 0 Å². The van der Waals surface area contributed by atoms with E-state index < -0.39 is 0 Å². The van der Waals surface area contributed by atoms with Crippen LogP contribution in [0.1, 0.15) is 17.3 Å². The number of carbonyl (C=O) groups excluding carboxylic acids is 1. The lowest BCUT2D eigenvalue weighted by atomic mass is 10.0. The zero-order valence-electron chi connectivity index (χ0n) is 11.2. The lowest BCUT2D eigenvalue weighted by Crippen LogP contribution is -2.45. The summed E-state index contributed by atoms with van der Waals surface area (Å²) in [4.78, 5) is 14.7. The molecule has 1 heterocycles. The summed E-state index contributed by atoms with van der Waals surface area (Å²) in [6.45, 7) is 4.80. The van der Waals surface area contributed by atoms with E-state index in [9.17, 15) is 4.79 Å².